The number of fused-ring (bicyclic) bond motifs is 1. The molecule has 4 nitrogen and oxygen atoms in total. The third-order valence-corrected chi connectivity index (χ3v) is 3.23. The maximum absolute atomic E-state index is 13.0. The van der Waals surface area contributed by atoms with Crippen molar-refractivity contribution in [2.24, 2.45) is 0 Å². The van der Waals surface area contributed by atoms with Gasteiger partial charge in [-0.05, 0) is 36.2 Å². The second-order valence-electron chi connectivity index (χ2n) is 4.80. The van der Waals surface area contributed by atoms with Crippen LogP contribution in [-0.2, 0) is 6.18 Å². The van der Waals surface area contributed by atoms with Crippen LogP contribution in [0.4, 0.5) is 19.0 Å². The van der Waals surface area contributed by atoms with E-state index in [0.29, 0.717) is 22.0 Å². The van der Waals surface area contributed by atoms with Crippen LogP contribution in [-0.4, -0.2) is 15.2 Å². The molecule has 0 bridgehead atoms. The molecule has 7 heteroatoms. The fourth-order valence-corrected chi connectivity index (χ4v) is 2.23. The average Bonchev–Trinajstić information content (AvgIpc) is 2.87. The van der Waals surface area contributed by atoms with E-state index in [0.717, 1.165) is 17.7 Å². The number of nitrogens with one attached hydrogen (secondary N) is 1. The number of hydrogen-bond acceptors (Lipinski definition) is 3. The molecule has 3 aromatic rings. The summed E-state index contributed by atoms with van der Waals surface area (Å²) in [6, 6.07) is 3.82. The quantitative estimate of drug-likeness (QED) is 0.721. The van der Waals surface area contributed by atoms with Gasteiger partial charge < -0.3 is 5.73 Å². The van der Waals surface area contributed by atoms with Gasteiger partial charge in [-0.25, -0.2) is 4.98 Å². The lowest BCUT2D eigenvalue weighted by molar-refractivity contribution is -0.137. The first-order chi connectivity index (χ1) is 9.86. The fourth-order valence-electron chi connectivity index (χ4n) is 2.23. The molecule has 0 aliphatic carbocycles. The second kappa shape index (κ2) is 4.47. The zero-order chi connectivity index (χ0) is 15.2. The smallest absolute Gasteiger partial charge is 0.383 e. The van der Waals surface area contributed by atoms with Crippen LogP contribution in [0.2, 0.25) is 0 Å². The van der Waals surface area contributed by atoms with Gasteiger partial charge in [-0.3, -0.25) is 5.10 Å². The van der Waals surface area contributed by atoms with Gasteiger partial charge in [-0.1, -0.05) is 0 Å². The number of halogens is 3. The van der Waals surface area contributed by atoms with Gasteiger partial charge in [-0.2, -0.15) is 18.3 Å². The monoisotopic (exact) mass is 292 g/mol. The first-order valence-corrected chi connectivity index (χ1v) is 6.13. The second-order valence-corrected chi connectivity index (χ2v) is 4.80. The van der Waals surface area contributed by atoms with E-state index in [4.69, 9.17) is 5.73 Å². The van der Waals surface area contributed by atoms with E-state index in [1.54, 1.807) is 19.2 Å². The highest BCUT2D eigenvalue weighted by atomic mass is 19.4. The number of nitrogens with zero attached hydrogens (tertiary/aromatic N) is 2. The van der Waals surface area contributed by atoms with E-state index in [-0.39, 0.29) is 5.82 Å². The summed E-state index contributed by atoms with van der Waals surface area (Å²) in [5, 5.41) is 6.95. The van der Waals surface area contributed by atoms with Crippen LogP contribution < -0.4 is 5.73 Å². The van der Waals surface area contributed by atoms with Crippen LogP contribution in [0.3, 0.4) is 0 Å². The minimum Gasteiger partial charge on any atom is -0.383 e. The molecule has 0 amide bonds. The normalized spacial score (nSPS) is 12.0. The van der Waals surface area contributed by atoms with Crippen molar-refractivity contribution in [3.05, 3.63) is 41.7 Å². The number of aryl methyl sites for hydroxylation is 1. The fraction of sp³-hybridized carbons (Fsp3) is 0.143. The summed E-state index contributed by atoms with van der Waals surface area (Å²) < 4.78 is 39.0. The number of H-pyrrole nitrogens is 1. The number of pyridine rings is 1. The molecule has 0 spiro atoms. The number of aromatic amines is 1. The highest BCUT2D eigenvalue weighted by molar-refractivity contribution is 5.97. The van der Waals surface area contributed by atoms with E-state index in [1.165, 1.54) is 6.20 Å². The molecule has 2 aromatic heterocycles. The molecule has 108 valence electrons. The molecule has 0 saturated heterocycles. The molecule has 3 rings (SSSR count). The van der Waals surface area contributed by atoms with Gasteiger partial charge in [0.15, 0.2) is 0 Å². The number of benzene rings is 1. The molecule has 1 aromatic carbocycles. The number of nitrogen functional groups attached to an aromatic ring is 1. The van der Waals surface area contributed by atoms with E-state index < -0.39 is 11.7 Å². The van der Waals surface area contributed by atoms with Crippen molar-refractivity contribution in [1.29, 1.82) is 0 Å². The Balaban J connectivity index is 2.35. The summed E-state index contributed by atoms with van der Waals surface area (Å²) in [5.41, 5.74) is 7.01. The van der Waals surface area contributed by atoms with Crippen molar-refractivity contribution >= 4 is 16.7 Å². The van der Waals surface area contributed by atoms with Gasteiger partial charge in [-0.15, -0.1) is 0 Å². The highest BCUT2D eigenvalue weighted by Crippen LogP contribution is 2.38. The van der Waals surface area contributed by atoms with E-state index in [2.05, 4.69) is 15.2 Å². The molecule has 0 aliphatic heterocycles. The molecule has 0 unspecified atom stereocenters. The zero-order valence-electron chi connectivity index (χ0n) is 11.0. The number of anilines is 1. The number of rotatable bonds is 1. The Morgan fingerprint density at radius 2 is 1.86 bits per heavy atom. The van der Waals surface area contributed by atoms with Crippen molar-refractivity contribution in [3.63, 3.8) is 0 Å². The molecule has 2 heterocycles. The van der Waals surface area contributed by atoms with E-state index in [9.17, 15) is 13.2 Å². The predicted octanol–water partition coefficient (Wildman–Crippen LogP) is 3.53. The van der Waals surface area contributed by atoms with Crippen molar-refractivity contribution in [1.82, 2.24) is 15.2 Å². The Morgan fingerprint density at radius 1 is 1.10 bits per heavy atom. The van der Waals surface area contributed by atoms with Gasteiger partial charge >= 0.3 is 6.18 Å². The van der Waals surface area contributed by atoms with Crippen LogP contribution in [0.1, 0.15) is 11.1 Å². The third-order valence-electron chi connectivity index (χ3n) is 3.23. The van der Waals surface area contributed by atoms with E-state index >= 15 is 0 Å². The summed E-state index contributed by atoms with van der Waals surface area (Å²) in [7, 11) is 0. The third kappa shape index (κ3) is 2.31. The summed E-state index contributed by atoms with van der Waals surface area (Å²) in [6.45, 7) is 1.80. The standard InChI is InChI=1S/C14H11F3N4/c1-7-2-10(13(18)19-5-7)9-3-8(14(15,16)17)4-12-11(9)6-20-21-12/h2-6H,1H3,(H2,18,19)(H,20,21). The van der Waals surface area contributed by atoms with Gasteiger partial charge in [0.1, 0.15) is 5.82 Å². The van der Waals surface area contributed by atoms with Crippen molar-refractivity contribution in [2.75, 3.05) is 5.73 Å². The molecule has 0 fully saturated rings. The first-order valence-electron chi connectivity index (χ1n) is 6.13. The van der Waals surface area contributed by atoms with Crippen LogP contribution in [0.15, 0.2) is 30.6 Å². The van der Waals surface area contributed by atoms with Gasteiger partial charge in [0.2, 0.25) is 0 Å². The summed E-state index contributed by atoms with van der Waals surface area (Å²) >= 11 is 0. The summed E-state index contributed by atoms with van der Waals surface area (Å²) in [5.74, 6) is 0.183. The zero-order valence-corrected chi connectivity index (χ0v) is 11.0. The minimum atomic E-state index is -4.44. The minimum absolute atomic E-state index is 0.183. The Hall–Kier alpha value is -2.57. The summed E-state index contributed by atoms with van der Waals surface area (Å²) in [4.78, 5) is 4.00. The average molecular weight is 292 g/mol. The Kier molecular flexibility index (Phi) is 2.86. The number of hydrogen-bond donors (Lipinski definition) is 2. The molecule has 0 atom stereocenters. The lowest BCUT2D eigenvalue weighted by Crippen LogP contribution is -2.05. The van der Waals surface area contributed by atoms with Crippen molar-refractivity contribution < 1.29 is 13.2 Å². The van der Waals surface area contributed by atoms with Gasteiger partial charge in [0.05, 0.1) is 17.3 Å². The molecular weight excluding hydrogens is 281 g/mol. The van der Waals surface area contributed by atoms with Crippen LogP contribution >= 0.6 is 0 Å². The first kappa shape index (κ1) is 13.4. The maximum Gasteiger partial charge on any atom is 0.416 e. The van der Waals surface area contributed by atoms with Gasteiger partial charge in [0.25, 0.3) is 0 Å². The molecule has 0 aliphatic rings. The van der Waals surface area contributed by atoms with Gasteiger partial charge in [0, 0.05) is 17.1 Å². The largest absolute Gasteiger partial charge is 0.416 e. The molecule has 0 radical (unpaired) electrons. The molecule has 3 N–H and O–H groups in total. The molecular formula is C14H11F3N4. The number of alkyl halides is 3. The predicted molar refractivity (Wildman–Crippen MR) is 73.5 cm³/mol. The SMILES string of the molecule is Cc1cnc(N)c(-c2cc(C(F)(F)F)cc3[nH]ncc23)c1. The lowest BCUT2D eigenvalue weighted by atomic mass is 9.98. The molecule has 0 saturated carbocycles. The lowest BCUT2D eigenvalue weighted by Gasteiger charge is -2.12. The van der Waals surface area contributed by atoms with Crippen LogP contribution in [0.5, 0.6) is 0 Å². The summed E-state index contributed by atoms with van der Waals surface area (Å²) in [6.07, 6.45) is -1.40. The van der Waals surface area contributed by atoms with Crippen molar-refractivity contribution in [2.45, 2.75) is 13.1 Å². The van der Waals surface area contributed by atoms with Crippen molar-refractivity contribution in [3.8, 4) is 11.1 Å². The maximum atomic E-state index is 13.0. The Bertz CT molecular complexity index is 821. The Morgan fingerprint density at radius 3 is 2.57 bits per heavy atom. The Labute approximate surface area is 117 Å². The highest BCUT2D eigenvalue weighted by Gasteiger charge is 2.32. The number of aromatic nitrogens is 3. The van der Waals surface area contributed by atoms with Crippen LogP contribution in [0.25, 0.3) is 22.0 Å². The molecule has 21 heavy (non-hydrogen) atoms. The van der Waals surface area contributed by atoms with E-state index in [1.807, 2.05) is 0 Å². The van der Waals surface area contributed by atoms with Crippen LogP contribution in [0, 0.1) is 6.92 Å². The topological polar surface area (TPSA) is 67.6 Å². The number of nitrogens with two attached hydrogens (primary N) is 1.